The molecular weight excluding hydrogens is 286 g/mol. The molecule has 3 rings (SSSR count). The third kappa shape index (κ3) is 4.18. The Balaban J connectivity index is 1.43. The topological polar surface area (TPSA) is 45.7 Å². The molecule has 4 heteroatoms. The summed E-state index contributed by atoms with van der Waals surface area (Å²) < 4.78 is 5.56. The Labute approximate surface area is 139 Å². The van der Waals surface area contributed by atoms with Gasteiger partial charge in [0.2, 0.25) is 0 Å². The number of benzene rings is 1. The van der Waals surface area contributed by atoms with Crippen molar-refractivity contribution in [3.63, 3.8) is 0 Å². The van der Waals surface area contributed by atoms with Crippen molar-refractivity contribution in [3.8, 4) is 5.75 Å². The molecule has 0 atom stereocenters. The minimum Gasteiger partial charge on any atom is -0.493 e. The smallest absolute Gasteiger partial charge is 0.191 e. The fourth-order valence-corrected chi connectivity index (χ4v) is 3.64. The highest BCUT2D eigenvalue weighted by molar-refractivity contribution is 5.79. The van der Waals surface area contributed by atoms with Crippen LogP contribution in [0.2, 0.25) is 0 Å². The third-order valence-corrected chi connectivity index (χ3v) is 5.18. The average molecular weight is 315 g/mol. The van der Waals surface area contributed by atoms with Gasteiger partial charge < -0.3 is 15.4 Å². The molecule has 0 spiro atoms. The van der Waals surface area contributed by atoms with E-state index in [1.54, 1.807) is 0 Å². The van der Waals surface area contributed by atoms with Gasteiger partial charge in [-0.1, -0.05) is 31.9 Å². The van der Waals surface area contributed by atoms with Crippen LogP contribution in [0.15, 0.2) is 23.2 Å². The van der Waals surface area contributed by atoms with E-state index < -0.39 is 0 Å². The molecule has 1 saturated carbocycles. The Morgan fingerprint density at radius 3 is 2.87 bits per heavy atom. The molecule has 1 aromatic rings. The molecule has 1 aromatic carbocycles. The second kappa shape index (κ2) is 7.24. The van der Waals surface area contributed by atoms with Gasteiger partial charge in [-0.05, 0) is 41.9 Å². The quantitative estimate of drug-likeness (QED) is 0.649. The van der Waals surface area contributed by atoms with Crippen molar-refractivity contribution in [2.75, 3.05) is 26.7 Å². The molecule has 1 heterocycles. The number of nitrogens with zero attached hydrogens (tertiary/aromatic N) is 1. The lowest BCUT2D eigenvalue weighted by Crippen LogP contribution is -2.42. The Morgan fingerprint density at radius 1 is 1.26 bits per heavy atom. The first-order chi connectivity index (χ1) is 11.2. The highest BCUT2D eigenvalue weighted by atomic mass is 16.5. The van der Waals surface area contributed by atoms with Crippen LogP contribution in [0, 0.1) is 5.41 Å². The Bertz CT molecular complexity index is 562. The van der Waals surface area contributed by atoms with E-state index >= 15 is 0 Å². The maximum atomic E-state index is 5.56. The summed E-state index contributed by atoms with van der Waals surface area (Å²) in [7, 11) is 1.85. The molecule has 0 unspecified atom stereocenters. The van der Waals surface area contributed by atoms with Crippen molar-refractivity contribution in [2.24, 2.45) is 10.4 Å². The van der Waals surface area contributed by atoms with Gasteiger partial charge >= 0.3 is 0 Å². The lowest BCUT2D eigenvalue weighted by Gasteiger charge is -2.25. The highest BCUT2D eigenvalue weighted by Gasteiger charge is 2.28. The molecule has 126 valence electrons. The first-order valence-corrected chi connectivity index (χ1v) is 8.88. The summed E-state index contributed by atoms with van der Waals surface area (Å²) in [6, 6.07) is 6.55. The fourth-order valence-electron chi connectivity index (χ4n) is 3.64. The second-order valence-electron chi connectivity index (χ2n) is 7.16. The van der Waals surface area contributed by atoms with Crippen molar-refractivity contribution in [2.45, 2.75) is 45.4 Å². The monoisotopic (exact) mass is 315 g/mol. The largest absolute Gasteiger partial charge is 0.493 e. The van der Waals surface area contributed by atoms with Crippen LogP contribution in [0.1, 0.15) is 43.7 Å². The summed E-state index contributed by atoms with van der Waals surface area (Å²) in [5.41, 5.74) is 3.15. The molecule has 0 bridgehead atoms. The third-order valence-electron chi connectivity index (χ3n) is 5.18. The van der Waals surface area contributed by atoms with Crippen molar-refractivity contribution in [3.05, 3.63) is 29.3 Å². The second-order valence-corrected chi connectivity index (χ2v) is 7.16. The summed E-state index contributed by atoms with van der Waals surface area (Å²) in [5, 5.41) is 6.93. The van der Waals surface area contributed by atoms with Crippen LogP contribution in [0.3, 0.4) is 0 Å². The molecule has 1 aliphatic heterocycles. The lowest BCUT2D eigenvalue weighted by molar-refractivity contribution is 0.334. The number of guanidine groups is 1. The zero-order chi connectivity index (χ0) is 16.1. The van der Waals surface area contributed by atoms with Gasteiger partial charge in [0.15, 0.2) is 5.96 Å². The molecule has 1 fully saturated rings. The van der Waals surface area contributed by atoms with Crippen molar-refractivity contribution >= 4 is 5.96 Å². The maximum absolute atomic E-state index is 5.56. The molecular formula is C19H29N3O. The first-order valence-electron chi connectivity index (χ1n) is 8.88. The van der Waals surface area contributed by atoms with Gasteiger partial charge in [-0.25, -0.2) is 0 Å². The molecule has 0 saturated heterocycles. The summed E-state index contributed by atoms with van der Waals surface area (Å²) >= 11 is 0. The van der Waals surface area contributed by atoms with E-state index in [0.717, 1.165) is 44.2 Å². The van der Waals surface area contributed by atoms with Gasteiger partial charge in [-0.15, -0.1) is 0 Å². The minimum absolute atomic E-state index is 0.442. The maximum Gasteiger partial charge on any atom is 0.191 e. The number of nitrogens with one attached hydrogen (secondary N) is 2. The number of hydrogen-bond acceptors (Lipinski definition) is 2. The number of rotatable bonds is 5. The van der Waals surface area contributed by atoms with E-state index in [4.69, 9.17) is 4.74 Å². The van der Waals surface area contributed by atoms with Crippen LogP contribution >= 0.6 is 0 Å². The van der Waals surface area contributed by atoms with Crippen LogP contribution in [0.5, 0.6) is 5.75 Å². The molecule has 2 N–H and O–H groups in total. The summed E-state index contributed by atoms with van der Waals surface area (Å²) in [4.78, 5) is 4.34. The van der Waals surface area contributed by atoms with Crippen molar-refractivity contribution in [1.29, 1.82) is 0 Å². The molecule has 2 aliphatic rings. The van der Waals surface area contributed by atoms with E-state index in [-0.39, 0.29) is 0 Å². The minimum atomic E-state index is 0.442. The fraction of sp³-hybridized carbons (Fsp3) is 0.632. The van der Waals surface area contributed by atoms with Crippen LogP contribution in [0.4, 0.5) is 0 Å². The summed E-state index contributed by atoms with van der Waals surface area (Å²) in [5.74, 6) is 1.98. The number of aliphatic imine (C=N–C) groups is 1. The van der Waals surface area contributed by atoms with Crippen LogP contribution in [-0.2, 0) is 12.8 Å². The van der Waals surface area contributed by atoms with E-state index in [1.807, 2.05) is 7.05 Å². The van der Waals surface area contributed by atoms with Gasteiger partial charge in [-0.3, -0.25) is 4.99 Å². The molecule has 4 nitrogen and oxygen atoms in total. The first kappa shape index (κ1) is 16.2. The zero-order valence-electron chi connectivity index (χ0n) is 14.5. The van der Waals surface area contributed by atoms with E-state index in [2.05, 4.69) is 40.7 Å². The van der Waals surface area contributed by atoms with Crippen LogP contribution in [-0.4, -0.2) is 32.7 Å². The van der Waals surface area contributed by atoms with Gasteiger partial charge in [0.05, 0.1) is 6.61 Å². The average Bonchev–Trinajstić information content (AvgIpc) is 3.19. The molecule has 0 amide bonds. The molecule has 0 radical (unpaired) electrons. The van der Waals surface area contributed by atoms with E-state index in [0.29, 0.717) is 5.41 Å². The van der Waals surface area contributed by atoms with Gasteiger partial charge in [0.1, 0.15) is 5.75 Å². The number of ether oxygens (including phenoxy) is 1. The molecule has 1 aliphatic carbocycles. The predicted octanol–water partition coefficient (Wildman–Crippen LogP) is 2.91. The Morgan fingerprint density at radius 2 is 2.09 bits per heavy atom. The Hall–Kier alpha value is -1.71. The van der Waals surface area contributed by atoms with Crippen molar-refractivity contribution in [1.82, 2.24) is 10.6 Å². The van der Waals surface area contributed by atoms with Gasteiger partial charge in [0, 0.05) is 26.6 Å². The van der Waals surface area contributed by atoms with E-state index in [1.165, 1.54) is 36.8 Å². The number of hydrogen-bond donors (Lipinski definition) is 2. The molecule has 0 aromatic heterocycles. The predicted molar refractivity (Wildman–Crippen MR) is 95.3 cm³/mol. The zero-order valence-corrected chi connectivity index (χ0v) is 14.5. The highest BCUT2D eigenvalue weighted by Crippen LogP contribution is 2.36. The summed E-state index contributed by atoms with van der Waals surface area (Å²) in [6.45, 7) is 5.12. The number of fused-ring (bicyclic) bond motifs is 1. The van der Waals surface area contributed by atoms with Crippen molar-refractivity contribution < 1.29 is 4.74 Å². The summed E-state index contributed by atoms with van der Waals surface area (Å²) in [6.07, 6.45) is 7.44. The van der Waals surface area contributed by atoms with Gasteiger partial charge in [-0.2, -0.15) is 0 Å². The normalized spacial score (nSPS) is 19.3. The standard InChI is InChI=1S/C19H29N3O/c1-19(9-3-4-10-19)14-22-18(20-2)21-11-7-15-5-6-17-16(13-15)8-12-23-17/h5-6,13H,3-4,7-12,14H2,1-2H3,(H2,20,21,22). The van der Waals surface area contributed by atoms with Crippen LogP contribution < -0.4 is 15.4 Å². The SMILES string of the molecule is CN=C(NCCc1ccc2c(c1)CCO2)NCC1(C)CCCC1. The van der Waals surface area contributed by atoms with Crippen LogP contribution in [0.25, 0.3) is 0 Å². The lowest BCUT2D eigenvalue weighted by atomic mass is 9.89. The van der Waals surface area contributed by atoms with E-state index in [9.17, 15) is 0 Å². The van der Waals surface area contributed by atoms with Gasteiger partial charge in [0.25, 0.3) is 0 Å². The molecule has 23 heavy (non-hydrogen) atoms. The Kier molecular flexibility index (Phi) is 5.09.